The second-order valence-corrected chi connectivity index (χ2v) is 7.48. The summed E-state index contributed by atoms with van der Waals surface area (Å²) in [4.78, 5) is 24.7. The zero-order valence-electron chi connectivity index (χ0n) is 18.7. The number of para-hydroxylation sites is 2. The number of ether oxygens (including phenoxy) is 2. The molecule has 0 radical (unpaired) electrons. The second kappa shape index (κ2) is 12.2. The van der Waals surface area contributed by atoms with E-state index in [-0.39, 0.29) is 34.4 Å². The number of nitrogens with one attached hydrogen (secondary N) is 2. The number of hydrogen-bond acceptors (Lipinski definition) is 5. The Balaban J connectivity index is 1.77. The normalized spacial score (nSPS) is 10.7. The third-order valence-corrected chi connectivity index (χ3v) is 4.82. The number of nitriles is 1. The molecule has 9 heteroatoms. The van der Waals surface area contributed by atoms with E-state index < -0.39 is 24.2 Å². The third-order valence-electron chi connectivity index (χ3n) is 4.53. The Labute approximate surface area is 206 Å². The predicted molar refractivity (Wildman–Crippen MR) is 132 cm³/mol. The van der Waals surface area contributed by atoms with E-state index in [1.807, 2.05) is 6.07 Å². The van der Waals surface area contributed by atoms with Crippen LogP contribution >= 0.6 is 11.6 Å². The molecular weight excluding hydrogens is 473 g/mol. The van der Waals surface area contributed by atoms with Crippen molar-refractivity contribution in [1.82, 2.24) is 0 Å². The zero-order chi connectivity index (χ0) is 25.2. The Morgan fingerprint density at radius 2 is 1.77 bits per heavy atom. The van der Waals surface area contributed by atoms with Gasteiger partial charge in [-0.15, -0.1) is 0 Å². The number of nitrogens with zero attached hydrogens (tertiary/aromatic N) is 1. The maximum Gasteiger partial charge on any atom is 0.266 e. The van der Waals surface area contributed by atoms with Crippen LogP contribution in [0.3, 0.4) is 0 Å². The maximum atomic E-state index is 13.7. The van der Waals surface area contributed by atoms with Gasteiger partial charge in [0.05, 0.1) is 17.3 Å². The molecule has 3 aromatic rings. The standard InChI is InChI=1S/C26H21ClFN3O4/c1-2-34-23-14-17(12-18(15-29)26(33)30-19-8-4-3-5-9-19)13-20(27)25(23)35-16-24(32)31-22-11-7-6-10-21(22)28/h3-14H,2,16H2,1H3,(H,30,33)(H,31,32)/b18-12+. The van der Waals surface area contributed by atoms with E-state index in [0.29, 0.717) is 11.3 Å². The van der Waals surface area contributed by atoms with E-state index in [0.717, 1.165) is 0 Å². The largest absolute Gasteiger partial charge is 0.490 e. The Hall–Kier alpha value is -4.35. The van der Waals surface area contributed by atoms with Gasteiger partial charge in [-0.05, 0) is 55.0 Å². The monoisotopic (exact) mass is 493 g/mol. The molecule has 0 aliphatic carbocycles. The Morgan fingerprint density at radius 3 is 2.46 bits per heavy atom. The molecular formula is C26H21ClFN3O4. The molecule has 0 atom stereocenters. The average Bonchev–Trinajstić information content (AvgIpc) is 2.84. The summed E-state index contributed by atoms with van der Waals surface area (Å²) in [5.74, 6) is -1.44. The van der Waals surface area contributed by atoms with Gasteiger partial charge < -0.3 is 20.1 Å². The van der Waals surface area contributed by atoms with Crippen LogP contribution in [0.15, 0.2) is 72.3 Å². The van der Waals surface area contributed by atoms with Crippen LogP contribution in [0.25, 0.3) is 6.08 Å². The van der Waals surface area contributed by atoms with Crippen molar-refractivity contribution >= 4 is 40.9 Å². The van der Waals surface area contributed by atoms with Gasteiger partial charge in [0.2, 0.25) is 0 Å². The first kappa shape index (κ1) is 25.3. The van der Waals surface area contributed by atoms with Crippen molar-refractivity contribution in [1.29, 1.82) is 5.26 Å². The quantitative estimate of drug-likeness (QED) is 0.305. The minimum atomic E-state index is -0.595. The van der Waals surface area contributed by atoms with Gasteiger partial charge in [-0.2, -0.15) is 5.26 Å². The lowest BCUT2D eigenvalue weighted by Crippen LogP contribution is -2.21. The smallest absolute Gasteiger partial charge is 0.266 e. The lowest BCUT2D eigenvalue weighted by atomic mass is 10.1. The van der Waals surface area contributed by atoms with Crippen LogP contribution in [0, 0.1) is 17.1 Å². The van der Waals surface area contributed by atoms with Crippen molar-refractivity contribution in [2.45, 2.75) is 6.92 Å². The summed E-state index contributed by atoms with van der Waals surface area (Å²) in [6.45, 7) is 1.56. The predicted octanol–water partition coefficient (Wildman–Crippen LogP) is 5.44. The molecule has 0 saturated carbocycles. The highest BCUT2D eigenvalue weighted by atomic mass is 35.5. The van der Waals surface area contributed by atoms with Gasteiger partial charge in [0.15, 0.2) is 18.1 Å². The van der Waals surface area contributed by atoms with Crippen LogP contribution in [0.2, 0.25) is 5.02 Å². The molecule has 0 spiro atoms. The number of anilines is 2. The summed E-state index contributed by atoms with van der Waals surface area (Å²) in [5, 5.41) is 14.6. The first-order valence-electron chi connectivity index (χ1n) is 10.5. The fraction of sp³-hybridized carbons (Fsp3) is 0.115. The van der Waals surface area contributed by atoms with Crippen molar-refractivity contribution in [3.63, 3.8) is 0 Å². The second-order valence-electron chi connectivity index (χ2n) is 7.07. The van der Waals surface area contributed by atoms with Gasteiger partial charge >= 0.3 is 0 Å². The van der Waals surface area contributed by atoms with Crippen LogP contribution in [-0.2, 0) is 9.59 Å². The molecule has 35 heavy (non-hydrogen) atoms. The summed E-state index contributed by atoms with van der Waals surface area (Å²) in [6.07, 6.45) is 1.36. The average molecular weight is 494 g/mol. The summed E-state index contributed by atoms with van der Waals surface area (Å²) >= 11 is 6.37. The zero-order valence-corrected chi connectivity index (χ0v) is 19.4. The molecule has 3 aromatic carbocycles. The van der Waals surface area contributed by atoms with E-state index in [1.165, 1.54) is 36.4 Å². The van der Waals surface area contributed by atoms with Crippen molar-refractivity contribution in [3.05, 3.63) is 88.7 Å². The molecule has 178 valence electrons. The lowest BCUT2D eigenvalue weighted by Gasteiger charge is -2.15. The molecule has 0 heterocycles. The van der Waals surface area contributed by atoms with Crippen molar-refractivity contribution in [3.8, 4) is 17.6 Å². The van der Waals surface area contributed by atoms with E-state index in [2.05, 4.69) is 10.6 Å². The number of halogens is 2. The Bertz CT molecular complexity index is 1290. The maximum absolute atomic E-state index is 13.7. The topological polar surface area (TPSA) is 100 Å². The highest BCUT2D eigenvalue weighted by Crippen LogP contribution is 2.37. The summed E-state index contributed by atoms with van der Waals surface area (Å²) in [7, 11) is 0. The van der Waals surface area contributed by atoms with Gasteiger partial charge in [0.1, 0.15) is 17.5 Å². The van der Waals surface area contributed by atoms with E-state index in [1.54, 1.807) is 43.3 Å². The van der Waals surface area contributed by atoms with Gasteiger partial charge in [0.25, 0.3) is 11.8 Å². The lowest BCUT2D eigenvalue weighted by molar-refractivity contribution is -0.118. The fourth-order valence-electron chi connectivity index (χ4n) is 3.00. The van der Waals surface area contributed by atoms with E-state index in [4.69, 9.17) is 21.1 Å². The molecule has 0 unspecified atom stereocenters. The van der Waals surface area contributed by atoms with Crippen LogP contribution in [0.4, 0.5) is 15.8 Å². The molecule has 0 fully saturated rings. The van der Waals surface area contributed by atoms with Gasteiger partial charge in [-0.25, -0.2) is 4.39 Å². The first-order valence-corrected chi connectivity index (χ1v) is 10.9. The van der Waals surface area contributed by atoms with Crippen molar-refractivity contribution in [2.24, 2.45) is 0 Å². The Morgan fingerprint density at radius 1 is 1.06 bits per heavy atom. The highest BCUT2D eigenvalue weighted by Gasteiger charge is 2.16. The number of amides is 2. The molecule has 0 aliphatic heterocycles. The first-order chi connectivity index (χ1) is 16.9. The van der Waals surface area contributed by atoms with Crippen LogP contribution < -0.4 is 20.1 Å². The van der Waals surface area contributed by atoms with E-state index >= 15 is 0 Å². The third kappa shape index (κ3) is 7.06. The van der Waals surface area contributed by atoms with Crippen LogP contribution in [0.1, 0.15) is 12.5 Å². The Kier molecular flexibility index (Phi) is 8.82. The summed E-state index contributed by atoms with van der Waals surface area (Å²) < 4.78 is 24.9. The van der Waals surface area contributed by atoms with Gasteiger partial charge in [-0.3, -0.25) is 9.59 Å². The summed E-state index contributed by atoms with van der Waals surface area (Å²) in [5.41, 5.74) is 0.839. The molecule has 0 bridgehead atoms. The molecule has 7 nitrogen and oxygen atoms in total. The SMILES string of the molecule is CCOc1cc(/C=C(\C#N)C(=O)Nc2ccccc2)cc(Cl)c1OCC(=O)Nc1ccccc1F. The molecule has 2 N–H and O–H groups in total. The number of hydrogen-bond donors (Lipinski definition) is 2. The minimum absolute atomic E-state index is 0.0236. The van der Waals surface area contributed by atoms with Crippen molar-refractivity contribution in [2.75, 3.05) is 23.8 Å². The van der Waals surface area contributed by atoms with E-state index in [9.17, 15) is 19.2 Å². The van der Waals surface area contributed by atoms with Gasteiger partial charge in [0, 0.05) is 5.69 Å². The highest BCUT2D eigenvalue weighted by molar-refractivity contribution is 6.32. The molecule has 0 saturated heterocycles. The number of rotatable bonds is 9. The molecule has 3 rings (SSSR count). The molecule has 2 amide bonds. The number of benzene rings is 3. The van der Waals surface area contributed by atoms with Crippen molar-refractivity contribution < 1.29 is 23.5 Å². The summed E-state index contributed by atoms with van der Waals surface area (Å²) in [6, 6.07) is 19.4. The number of carbonyl (C=O) groups is 2. The van der Waals surface area contributed by atoms with Crippen LogP contribution in [0.5, 0.6) is 11.5 Å². The molecule has 0 aliphatic rings. The number of carbonyl (C=O) groups excluding carboxylic acids is 2. The van der Waals surface area contributed by atoms with Crippen LogP contribution in [-0.4, -0.2) is 25.0 Å². The molecule has 0 aromatic heterocycles. The van der Waals surface area contributed by atoms with Gasteiger partial charge in [-0.1, -0.05) is 41.9 Å². The fourth-order valence-corrected chi connectivity index (χ4v) is 3.27. The minimum Gasteiger partial charge on any atom is -0.490 e.